The molecular formula is C16H18ClN3O5. The molecule has 0 bridgehead atoms. The van der Waals surface area contributed by atoms with Gasteiger partial charge in [-0.15, -0.1) is 0 Å². The number of benzene rings is 1. The first-order valence-electron chi connectivity index (χ1n) is 7.51. The minimum absolute atomic E-state index is 0.0871. The Bertz CT molecular complexity index is 736. The van der Waals surface area contributed by atoms with Gasteiger partial charge in [0.2, 0.25) is 0 Å². The van der Waals surface area contributed by atoms with Crippen LogP contribution in [0, 0.1) is 6.92 Å². The van der Waals surface area contributed by atoms with Gasteiger partial charge in [0.15, 0.2) is 6.10 Å². The fourth-order valence-corrected chi connectivity index (χ4v) is 2.39. The number of ether oxygens (including phenoxy) is 1. The lowest BCUT2D eigenvalue weighted by Gasteiger charge is -2.17. The summed E-state index contributed by atoms with van der Waals surface area (Å²) in [4.78, 5) is 49.4. The normalized spacial score (nSPS) is 15.4. The third kappa shape index (κ3) is 4.27. The highest BCUT2D eigenvalue weighted by atomic mass is 35.5. The number of nitrogens with one attached hydrogen (secondary N) is 1. The number of rotatable bonds is 5. The summed E-state index contributed by atoms with van der Waals surface area (Å²) in [6.45, 7) is 2.52. The largest absolute Gasteiger partial charge is 0.451 e. The lowest BCUT2D eigenvalue weighted by Crippen LogP contribution is -2.39. The number of carbonyl (C=O) groups excluding carboxylic acids is 4. The van der Waals surface area contributed by atoms with Gasteiger partial charge in [0, 0.05) is 17.8 Å². The molecule has 2 rings (SSSR count). The number of imide groups is 1. The molecule has 0 aliphatic carbocycles. The van der Waals surface area contributed by atoms with Gasteiger partial charge >= 0.3 is 12.0 Å². The van der Waals surface area contributed by atoms with Crippen LogP contribution in [0.15, 0.2) is 18.2 Å². The number of likely N-dealkylation sites (N-methyl/N-ethyl adjacent to an activating group) is 1. The van der Waals surface area contributed by atoms with Crippen LogP contribution in [0.2, 0.25) is 5.02 Å². The zero-order chi connectivity index (χ0) is 18.7. The molecule has 0 radical (unpaired) electrons. The lowest BCUT2D eigenvalue weighted by atomic mass is 10.2. The van der Waals surface area contributed by atoms with Gasteiger partial charge in [0.05, 0.1) is 0 Å². The average Bonchev–Trinajstić information content (AvgIpc) is 2.78. The van der Waals surface area contributed by atoms with Gasteiger partial charge in [-0.25, -0.2) is 4.79 Å². The van der Waals surface area contributed by atoms with Crippen molar-refractivity contribution >= 4 is 41.1 Å². The smallest absolute Gasteiger partial charge is 0.327 e. The standard InChI is InChI=1S/C16H18ClN3O5/c1-9-11(17)5-4-6-12(9)18-15(23)10(2)25-14(22)8-20-13(21)7-19(3)16(20)24/h4-6,10H,7-8H2,1-3H3,(H,18,23)/t10-/m0/s1. The van der Waals surface area contributed by atoms with Gasteiger partial charge in [-0.2, -0.15) is 0 Å². The molecule has 1 aliphatic rings. The maximum Gasteiger partial charge on any atom is 0.327 e. The number of nitrogens with zero attached hydrogens (tertiary/aromatic N) is 2. The number of urea groups is 1. The van der Waals surface area contributed by atoms with Crippen LogP contribution in [-0.2, 0) is 19.1 Å². The first-order chi connectivity index (χ1) is 11.7. The van der Waals surface area contributed by atoms with Crippen molar-refractivity contribution in [1.29, 1.82) is 0 Å². The number of anilines is 1. The summed E-state index contributed by atoms with van der Waals surface area (Å²) in [6, 6.07) is 4.47. The molecule has 1 aromatic carbocycles. The van der Waals surface area contributed by atoms with E-state index in [1.807, 2.05) is 0 Å². The molecule has 9 heteroatoms. The van der Waals surface area contributed by atoms with E-state index in [0.29, 0.717) is 16.3 Å². The molecule has 1 aliphatic heterocycles. The summed E-state index contributed by atoms with van der Waals surface area (Å²) in [5.74, 6) is -1.88. The van der Waals surface area contributed by atoms with Crippen molar-refractivity contribution in [3.63, 3.8) is 0 Å². The maximum atomic E-state index is 12.1. The van der Waals surface area contributed by atoms with Crippen LogP contribution >= 0.6 is 11.6 Å². The minimum atomic E-state index is -1.10. The molecule has 0 spiro atoms. The highest BCUT2D eigenvalue weighted by molar-refractivity contribution is 6.31. The van der Waals surface area contributed by atoms with Crippen molar-refractivity contribution in [1.82, 2.24) is 9.80 Å². The van der Waals surface area contributed by atoms with E-state index >= 15 is 0 Å². The number of amides is 4. The van der Waals surface area contributed by atoms with E-state index in [9.17, 15) is 19.2 Å². The molecular weight excluding hydrogens is 350 g/mol. The van der Waals surface area contributed by atoms with Gasteiger partial charge < -0.3 is 15.0 Å². The molecule has 1 saturated heterocycles. The van der Waals surface area contributed by atoms with Crippen molar-refractivity contribution < 1.29 is 23.9 Å². The van der Waals surface area contributed by atoms with Crippen LogP contribution in [0.4, 0.5) is 10.5 Å². The third-order valence-electron chi connectivity index (χ3n) is 3.72. The second kappa shape index (κ2) is 7.52. The Kier molecular flexibility index (Phi) is 5.63. The van der Waals surface area contributed by atoms with Crippen molar-refractivity contribution in [3.05, 3.63) is 28.8 Å². The summed E-state index contributed by atoms with van der Waals surface area (Å²) in [7, 11) is 1.45. The van der Waals surface area contributed by atoms with Gasteiger partial charge in [0.1, 0.15) is 13.1 Å². The number of hydrogen-bond donors (Lipinski definition) is 1. The topological polar surface area (TPSA) is 96.0 Å². The van der Waals surface area contributed by atoms with Gasteiger partial charge in [0.25, 0.3) is 11.8 Å². The predicted molar refractivity (Wildman–Crippen MR) is 90.1 cm³/mol. The maximum absolute atomic E-state index is 12.1. The van der Waals surface area contributed by atoms with Crippen molar-refractivity contribution in [3.8, 4) is 0 Å². The summed E-state index contributed by atoms with van der Waals surface area (Å²) in [6.07, 6.45) is -1.10. The van der Waals surface area contributed by atoms with E-state index in [4.69, 9.17) is 16.3 Å². The van der Waals surface area contributed by atoms with Gasteiger partial charge in [-0.3, -0.25) is 19.3 Å². The molecule has 1 N–H and O–H groups in total. The molecule has 134 valence electrons. The van der Waals surface area contributed by atoms with E-state index in [0.717, 1.165) is 4.90 Å². The van der Waals surface area contributed by atoms with Crippen molar-refractivity contribution in [2.45, 2.75) is 20.0 Å². The number of hydrogen-bond acceptors (Lipinski definition) is 5. The van der Waals surface area contributed by atoms with E-state index in [-0.39, 0.29) is 6.54 Å². The van der Waals surface area contributed by atoms with Crippen LogP contribution in [0.5, 0.6) is 0 Å². The second-order valence-electron chi connectivity index (χ2n) is 5.65. The first kappa shape index (κ1) is 18.7. The van der Waals surface area contributed by atoms with Crippen LogP contribution < -0.4 is 5.32 Å². The minimum Gasteiger partial charge on any atom is -0.451 e. The van der Waals surface area contributed by atoms with E-state index in [1.165, 1.54) is 18.9 Å². The molecule has 1 aromatic rings. The SMILES string of the molecule is Cc1c(Cl)cccc1NC(=O)[C@H](C)OC(=O)CN1C(=O)CN(C)C1=O. The Morgan fingerprint density at radius 2 is 2.04 bits per heavy atom. The monoisotopic (exact) mass is 367 g/mol. The summed E-state index contributed by atoms with van der Waals surface area (Å²) in [5.41, 5.74) is 1.19. The Morgan fingerprint density at radius 3 is 2.64 bits per heavy atom. The molecule has 0 unspecified atom stereocenters. The average molecular weight is 368 g/mol. The van der Waals surface area contributed by atoms with Crippen LogP contribution in [-0.4, -0.2) is 59.9 Å². The molecule has 0 aromatic heterocycles. The number of carbonyl (C=O) groups is 4. The highest BCUT2D eigenvalue weighted by Crippen LogP contribution is 2.23. The number of esters is 1. The Morgan fingerprint density at radius 1 is 1.36 bits per heavy atom. The van der Waals surface area contributed by atoms with Crippen LogP contribution in [0.1, 0.15) is 12.5 Å². The quantitative estimate of drug-likeness (QED) is 0.627. The fraction of sp³-hybridized carbons (Fsp3) is 0.375. The zero-order valence-electron chi connectivity index (χ0n) is 14.0. The van der Waals surface area contributed by atoms with Gasteiger partial charge in [-0.1, -0.05) is 17.7 Å². The fourth-order valence-electron chi connectivity index (χ4n) is 2.22. The highest BCUT2D eigenvalue weighted by Gasteiger charge is 2.35. The predicted octanol–water partition coefficient (Wildman–Crippen LogP) is 1.41. The van der Waals surface area contributed by atoms with Crippen molar-refractivity contribution in [2.75, 3.05) is 25.5 Å². The molecule has 1 fully saturated rings. The Labute approximate surface area is 149 Å². The van der Waals surface area contributed by atoms with Gasteiger partial charge in [-0.05, 0) is 31.5 Å². The lowest BCUT2D eigenvalue weighted by molar-refractivity contribution is -0.154. The Balaban J connectivity index is 1.92. The Hall–Kier alpha value is -2.61. The second-order valence-corrected chi connectivity index (χ2v) is 6.06. The third-order valence-corrected chi connectivity index (χ3v) is 4.13. The molecule has 25 heavy (non-hydrogen) atoms. The zero-order valence-corrected chi connectivity index (χ0v) is 14.8. The first-order valence-corrected chi connectivity index (χ1v) is 7.89. The molecule has 0 saturated carbocycles. The summed E-state index contributed by atoms with van der Waals surface area (Å²) < 4.78 is 5.00. The molecule has 1 heterocycles. The summed E-state index contributed by atoms with van der Waals surface area (Å²) >= 11 is 5.99. The summed E-state index contributed by atoms with van der Waals surface area (Å²) in [5, 5.41) is 3.12. The van der Waals surface area contributed by atoms with Crippen LogP contribution in [0.25, 0.3) is 0 Å². The van der Waals surface area contributed by atoms with Crippen LogP contribution in [0.3, 0.4) is 0 Å². The number of halogens is 1. The van der Waals surface area contributed by atoms with E-state index in [2.05, 4.69) is 5.32 Å². The van der Waals surface area contributed by atoms with Crippen molar-refractivity contribution in [2.24, 2.45) is 0 Å². The molecule has 8 nitrogen and oxygen atoms in total. The molecule has 1 atom stereocenters. The van der Waals surface area contributed by atoms with E-state index < -0.39 is 36.5 Å². The van der Waals surface area contributed by atoms with E-state index in [1.54, 1.807) is 25.1 Å². The molecule has 4 amide bonds.